The molecule has 0 aromatic carbocycles. The van der Waals surface area contributed by atoms with E-state index < -0.39 is 0 Å². The average Bonchev–Trinajstić information content (AvgIpc) is 3.06. The third kappa shape index (κ3) is 4.83. The zero-order valence-corrected chi connectivity index (χ0v) is 13.2. The molecular weight excluding hydrogens is 290 g/mol. The number of carbonyl (C=O) groups excluding carboxylic acids is 1. The van der Waals surface area contributed by atoms with Gasteiger partial charge in [-0.05, 0) is 33.2 Å². The van der Waals surface area contributed by atoms with Crippen molar-refractivity contribution in [3.63, 3.8) is 0 Å². The van der Waals surface area contributed by atoms with Gasteiger partial charge in [-0.2, -0.15) is 0 Å². The third-order valence-electron chi connectivity index (χ3n) is 2.82. The molecule has 0 unspecified atom stereocenters. The number of aryl methyl sites for hydroxylation is 1. The molecule has 2 heterocycles. The van der Waals surface area contributed by atoms with Gasteiger partial charge >= 0.3 is 6.03 Å². The Morgan fingerprint density at radius 3 is 2.76 bits per heavy atom. The molecule has 0 atom stereocenters. The minimum absolute atomic E-state index is 0.206. The highest BCUT2D eigenvalue weighted by molar-refractivity contribution is 7.13. The maximum absolute atomic E-state index is 12.3. The van der Waals surface area contributed by atoms with E-state index in [4.69, 9.17) is 4.42 Å². The minimum atomic E-state index is -0.206. The molecular formula is C13H19N5O2S. The molecule has 1 N–H and O–H groups in total. The van der Waals surface area contributed by atoms with E-state index in [0.717, 1.165) is 18.1 Å². The average molecular weight is 309 g/mol. The number of rotatable bonds is 6. The van der Waals surface area contributed by atoms with E-state index in [9.17, 15) is 4.79 Å². The van der Waals surface area contributed by atoms with Crippen LogP contribution in [0.2, 0.25) is 0 Å². The van der Waals surface area contributed by atoms with Crippen LogP contribution in [-0.4, -0.2) is 53.2 Å². The van der Waals surface area contributed by atoms with Gasteiger partial charge in [-0.15, -0.1) is 10.2 Å². The second-order valence-electron chi connectivity index (χ2n) is 4.91. The standard InChI is InChI=1S/C13H19N5O2S/c1-10-4-5-11(20-10)8-18(7-6-17(2)3)13(19)15-12-16-14-9-21-12/h4-5,9H,6-8H2,1-3H3,(H,15,16,19). The Morgan fingerprint density at radius 1 is 1.38 bits per heavy atom. The minimum Gasteiger partial charge on any atom is -0.464 e. The smallest absolute Gasteiger partial charge is 0.324 e. The zero-order chi connectivity index (χ0) is 15.2. The number of nitrogens with one attached hydrogen (secondary N) is 1. The van der Waals surface area contributed by atoms with E-state index >= 15 is 0 Å². The summed E-state index contributed by atoms with van der Waals surface area (Å²) in [7, 11) is 3.94. The van der Waals surface area contributed by atoms with Gasteiger partial charge in [0.1, 0.15) is 17.0 Å². The van der Waals surface area contributed by atoms with E-state index in [-0.39, 0.29) is 6.03 Å². The first kappa shape index (κ1) is 15.5. The number of likely N-dealkylation sites (N-methyl/N-ethyl adjacent to an activating group) is 1. The predicted molar refractivity (Wildman–Crippen MR) is 81.3 cm³/mol. The van der Waals surface area contributed by atoms with Gasteiger partial charge in [0.2, 0.25) is 5.13 Å². The van der Waals surface area contributed by atoms with E-state index in [1.165, 1.54) is 11.3 Å². The molecule has 0 aliphatic carbocycles. The predicted octanol–water partition coefficient (Wildman–Crippen LogP) is 2.04. The highest BCUT2D eigenvalue weighted by Gasteiger charge is 2.17. The maximum atomic E-state index is 12.3. The number of nitrogens with zero attached hydrogens (tertiary/aromatic N) is 4. The highest BCUT2D eigenvalue weighted by atomic mass is 32.1. The van der Waals surface area contributed by atoms with Crippen molar-refractivity contribution >= 4 is 22.5 Å². The number of urea groups is 1. The van der Waals surface area contributed by atoms with Crippen molar-refractivity contribution in [2.45, 2.75) is 13.5 Å². The van der Waals surface area contributed by atoms with Crippen LogP contribution >= 0.6 is 11.3 Å². The van der Waals surface area contributed by atoms with Gasteiger partial charge in [0.05, 0.1) is 6.54 Å². The van der Waals surface area contributed by atoms with Gasteiger partial charge in [0, 0.05) is 13.1 Å². The maximum Gasteiger partial charge on any atom is 0.324 e. The van der Waals surface area contributed by atoms with E-state index in [2.05, 4.69) is 15.5 Å². The van der Waals surface area contributed by atoms with Crippen molar-refractivity contribution in [3.8, 4) is 0 Å². The fourth-order valence-electron chi connectivity index (χ4n) is 1.73. The van der Waals surface area contributed by atoms with Crippen LogP contribution in [-0.2, 0) is 6.54 Å². The molecule has 2 amide bonds. The Hall–Kier alpha value is -1.93. The number of anilines is 1. The summed E-state index contributed by atoms with van der Waals surface area (Å²) in [4.78, 5) is 16.0. The summed E-state index contributed by atoms with van der Waals surface area (Å²) in [5, 5.41) is 10.8. The van der Waals surface area contributed by atoms with Gasteiger partial charge in [0.25, 0.3) is 0 Å². The molecule has 0 radical (unpaired) electrons. The summed E-state index contributed by atoms with van der Waals surface area (Å²) in [6.07, 6.45) is 0. The van der Waals surface area contributed by atoms with Crippen molar-refractivity contribution in [1.82, 2.24) is 20.0 Å². The van der Waals surface area contributed by atoms with Crippen LogP contribution in [0.25, 0.3) is 0 Å². The van der Waals surface area contributed by atoms with Crippen LogP contribution < -0.4 is 5.32 Å². The molecule has 2 aromatic rings. The molecule has 0 aliphatic rings. The highest BCUT2D eigenvalue weighted by Crippen LogP contribution is 2.13. The molecule has 0 bridgehead atoms. The van der Waals surface area contributed by atoms with Crippen molar-refractivity contribution < 1.29 is 9.21 Å². The Balaban J connectivity index is 2.01. The molecule has 0 spiro atoms. The van der Waals surface area contributed by atoms with Crippen LogP contribution in [0.5, 0.6) is 0 Å². The monoisotopic (exact) mass is 309 g/mol. The summed E-state index contributed by atoms with van der Waals surface area (Å²) in [5.74, 6) is 1.60. The lowest BCUT2D eigenvalue weighted by atomic mass is 10.4. The van der Waals surface area contributed by atoms with Crippen LogP contribution in [0, 0.1) is 6.92 Å². The molecule has 114 valence electrons. The molecule has 0 saturated heterocycles. The van der Waals surface area contributed by atoms with Crippen molar-refractivity contribution in [1.29, 1.82) is 0 Å². The molecule has 2 rings (SSSR count). The van der Waals surface area contributed by atoms with Gasteiger partial charge in [-0.1, -0.05) is 11.3 Å². The number of aromatic nitrogens is 2. The van der Waals surface area contributed by atoms with Crippen LogP contribution in [0.4, 0.5) is 9.93 Å². The van der Waals surface area contributed by atoms with Crippen molar-refractivity contribution in [3.05, 3.63) is 29.2 Å². The number of furan rings is 1. The normalized spacial score (nSPS) is 10.9. The molecule has 0 aliphatic heterocycles. The van der Waals surface area contributed by atoms with E-state index in [0.29, 0.717) is 18.2 Å². The quantitative estimate of drug-likeness (QED) is 0.884. The topological polar surface area (TPSA) is 74.5 Å². The first-order valence-electron chi connectivity index (χ1n) is 6.56. The molecule has 2 aromatic heterocycles. The summed E-state index contributed by atoms with van der Waals surface area (Å²) in [6.45, 7) is 3.67. The van der Waals surface area contributed by atoms with Gasteiger partial charge in [-0.3, -0.25) is 5.32 Å². The summed E-state index contributed by atoms with van der Waals surface area (Å²) in [6, 6.07) is 3.57. The number of hydrogen-bond donors (Lipinski definition) is 1. The van der Waals surface area contributed by atoms with Crippen LogP contribution in [0.15, 0.2) is 22.1 Å². The van der Waals surface area contributed by atoms with Gasteiger partial charge < -0.3 is 14.2 Å². The fourth-order valence-corrected chi connectivity index (χ4v) is 2.16. The molecule has 0 fully saturated rings. The second kappa shape index (κ2) is 7.19. The lowest BCUT2D eigenvalue weighted by Gasteiger charge is -2.23. The van der Waals surface area contributed by atoms with Crippen molar-refractivity contribution in [2.75, 3.05) is 32.5 Å². The fraction of sp³-hybridized carbons (Fsp3) is 0.462. The summed E-state index contributed by atoms with van der Waals surface area (Å²) >= 11 is 1.29. The largest absolute Gasteiger partial charge is 0.464 e. The Bertz CT molecular complexity index is 567. The lowest BCUT2D eigenvalue weighted by Crippen LogP contribution is -2.38. The van der Waals surface area contributed by atoms with Crippen LogP contribution in [0.1, 0.15) is 11.5 Å². The summed E-state index contributed by atoms with van der Waals surface area (Å²) in [5.41, 5.74) is 1.58. The van der Waals surface area contributed by atoms with Crippen LogP contribution in [0.3, 0.4) is 0 Å². The molecule has 21 heavy (non-hydrogen) atoms. The molecule has 7 nitrogen and oxygen atoms in total. The Labute approximate surface area is 127 Å². The van der Waals surface area contributed by atoms with Crippen molar-refractivity contribution in [2.24, 2.45) is 0 Å². The molecule has 0 saturated carbocycles. The van der Waals surface area contributed by atoms with Gasteiger partial charge in [-0.25, -0.2) is 4.79 Å². The number of hydrogen-bond acceptors (Lipinski definition) is 6. The third-order valence-corrected chi connectivity index (χ3v) is 3.43. The SMILES string of the molecule is Cc1ccc(CN(CCN(C)C)C(=O)Nc2nncs2)o1. The molecule has 8 heteroatoms. The first-order valence-corrected chi connectivity index (χ1v) is 7.44. The zero-order valence-electron chi connectivity index (χ0n) is 12.4. The summed E-state index contributed by atoms with van der Waals surface area (Å²) < 4.78 is 5.55. The second-order valence-corrected chi connectivity index (χ2v) is 5.74. The Kier molecular flexibility index (Phi) is 5.29. The Morgan fingerprint density at radius 2 is 2.19 bits per heavy atom. The lowest BCUT2D eigenvalue weighted by molar-refractivity contribution is 0.196. The van der Waals surface area contributed by atoms with E-state index in [1.807, 2.05) is 38.1 Å². The van der Waals surface area contributed by atoms with Gasteiger partial charge in [0.15, 0.2) is 0 Å². The number of amides is 2. The number of carbonyl (C=O) groups is 1. The van der Waals surface area contributed by atoms with E-state index in [1.54, 1.807) is 10.4 Å². The first-order chi connectivity index (χ1) is 10.0.